The van der Waals surface area contributed by atoms with Gasteiger partial charge in [0.05, 0.1) is 24.5 Å². The molecule has 0 atom stereocenters. The third-order valence-corrected chi connectivity index (χ3v) is 5.85. The summed E-state index contributed by atoms with van der Waals surface area (Å²) in [4.78, 5) is 0. The van der Waals surface area contributed by atoms with Crippen LogP contribution in [0.4, 0.5) is 0 Å². The molecule has 2 heterocycles. The van der Waals surface area contributed by atoms with Gasteiger partial charge < -0.3 is 9.47 Å². The molecule has 100 valence electrons. The van der Waals surface area contributed by atoms with Gasteiger partial charge in [-0.25, -0.2) is 8.42 Å². The van der Waals surface area contributed by atoms with Crippen LogP contribution in [0, 0.1) is 0 Å². The molecule has 0 radical (unpaired) electrons. The SMILES string of the molecule is CC(C)(C)S(=O)(=O)N1CCCC2(C1)OCCO2. The highest BCUT2D eigenvalue weighted by molar-refractivity contribution is 7.90. The van der Waals surface area contributed by atoms with E-state index >= 15 is 0 Å². The van der Waals surface area contributed by atoms with Crippen molar-refractivity contribution in [1.82, 2.24) is 4.31 Å². The minimum Gasteiger partial charge on any atom is -0.346 e. The molecule has 0 saturated carbocycles. The smallest absolute Gasteiger partial charge is 0.219 e. The molecule has 0 N–H and O–H groups in total. The number of sulfonamides is 1. The first kappa shape index (κ1) is 13.3. The molecule has 2 aliphatic rings. The summed E-state index contributed by atoms with van der Waals surface area (Å²) in [6.07, 6.45) is 1.57. The van der Waals surface area contributed by atoms with E-state index in [4.69, 9.17) is 9.47 Å². The van der Waals surface area contributed by atoms with Gasteiger partial charge in [-0.05, 0) is 27.2 Å². The van der Waals surface area contributed by atoms with Crippen molar-refractivity contribution in [2.75, 3.05) is 26.3 Å². The van der Waals surface area contributed by atoms with E-state index in [-0.39, 0.29) is 0 Å². The Kier molecular flexibility index (Phi) is 3.27. The van der Waals surface area contributed by atoms with Gasteiger partial charge in [0.1, 0.15) is 0 Å². The van der Waals surface area contributed by atoms with Crippen molar-refractivity contribution < 1.29 is 17.9 Å². The maximum Gasteiger partial charge on any atom is 0.219 e. The number of nitrogens with zero attached hydrogens (tertiary/aromatic N) is 1. The molecule has 6 heteroatoms. The third-order valence-electron chi connectivity index (χ3n) is 3.31. The Morgan fingerprint density at radius 1 is 1.18 bits per heavy atom. The van der Waals surface area contributed by atoms with Crippen molar-refractivity contribution in [3.8, 4) is 0 Å². The first-order chi connectivity index (χ1) is 7.77. The fourth-order valence-corrected chi connectivity index (χ4v) is 3.79. The van der Waals surface area contributed by atoms with Crippen LogP contribution in [-0.4, -0.2) is 49.6 Å². The molecule has 0 bridgehead atoms. The van der Waals surface area contributed by atoms with Gasteiger partial charge in [0.2, 0.25) is 10.0 Å². The van der Waals surface area contributed by atoms with Crippen LogP contribution in [0.5, 0.6) is 0 Å². The Morgan fingerprint density at radius 3 is 2.29 bits per heavy atom. The molecule has 2 rings (SSSR count). The molecule has 1 spiro atoms. The Morgan fingerprint density at radius 2 is 1.76 bits per heavy atom. The lowest BCUT2D eigenvalue weighted by molar-refractivity contribution is -0.179. The lowest BCUT2D eigenvalue weighted by Crippen LogP contribution is -2.54. The Balaban J connectivity index is 2.18. The zero-order valence-corrected chi connectivity index (χ0v) is 11.5. The van der Waals surface area contributed by atoms with Gasteiger partial charge in [0.25, 0.3) is 0 Å². The largest absolute Gasteiger partial charge is 0.346 e. The van der Waals surface area contributed by atoms with Gasteiger partial charge in [-0.3, -0.25) is 0 Å². The highest BCUT2D eigenvalue weighted by Crippen LogP contribution is 2.33. The van der Waals surface area contributed by atoms with E-state index in [0.717, 1.165) is 12.8 Å². The minimum atomic E-state index is -3.29. The molecule has 0 aromatic heterocycles. The molecule has 0 aliphatic carbocycles. The zero-order chi connectivity index (χ0) is 12.7. The highest BCUT2D eigenvalue weighted by atomic mass is 32.2. The van der Waals surface area contributed by atoms with Crippen molar-refractivity contribution in [2.24, 2.45) is 0 Å². The molecule has 5 nitrogen and oxygen atoms in total. The van der Waals surface area contributed by atoms with E-state index in [1.54, 1.807) is 20.8 Å². The van der Waals surface area contributed by atoms with Gasteiger partial charge in [-0.15, -0.1) is 0 Å². The molecule has 0 aromatic rings. The van der Waals surface area contributed by atoms with Crippen molar-refractivity contribution in [2.45, 2.75) is 44.1 Å². The minimum absolute atomic E-state index is 0.326. The molecule has 2 saturated heterocycles. The third kappa shape index (κ3) is 2.36. The maximum absolute atomic E-state index is 12.4. The number of hydrogen-bond acceptors (Lipinski definition) is 4. The Bertz CT molecular complexity index is 379. The molecule has 0 unspecified atom stereocenters. The lowest BCUT2D eigenvalue weighted by Gasteiger charge is -2.40. The first-order valence-electron chi connectivity index (χ1n) is 6.05. The molecular weight excluding hydrogens is 242 g/mol. The van der Waals surface area contributed by atoms with Crippen LogP contribution in [0.3, 0.4) is 0 Å². The normalized spacial score (nSPS) is 26.5. The summed E-state index contributed by atoms with van der Waals surface area (Å²) in [5.41, 5.74) is 0. The summed E-state index contributed by atoms with van der Waals surface area (Å²) in [6.45, 7) is 7.17. The first-order valence-corrected chi connectivity index (χ1v) is 7.49. The van der Waals surface area contributed by atoms with Gasteiger partial charge in [-0.1, -0.05) is 0 Å². The lowest BCUT2D eigenvalue weighted by atomic mass is 10.1. The van der Waals surface area contributed by atoms with Gasteiger partial charge in [0.15, 0.2) is 5.79 Å². The summed E-state index contributed by atoms with van der Waals surface area (Å²) in [6, 6.07) is 0. The topological polar surface area (TPSA) is 55.8 Å². The maximum atomic E-state index is 12.4. The zero-order valence-electron chi connectivity index (χ0n) is 10.7. The summed E-state index contributed by atoms with van der Waals surface area (Å²) in [5.74, 6) is -0.684. The Hall–Kier alpha value is -0.170. The van der Waals surface area contributed by atoms with Crippen LogP contribution < -0.4 is 0 Å². The van der Waals surface area contributed by atoms with Crippen LogP contribution in [0.15, 0.2) is 0 Å². The second-order valence-electron chi connectivity index (χ2n) is 5.66. The Labute approximate surface area is 103 Å². The second kappa shape index (κ2) is 4.19. The van der Waals surface area contributed by atoms with Crippen LogP contribution in [0.2, 0.25) is 0 Å². The fraction of sp³-hybridized carbons (Fsp3) is 1.00. The quantitative estimate of drug-likeness (QED) is 0.707. The van der Waals surface area contributed by atoms with Crippen LogP contribution >= 0.6 is 0 Å². The summed E-state index contributed by atoms with van der Waals surface area (Å²) >= 11 is 0. The number of ether oxygens (including phenoxy) is 2. The van der Waals surface area contributed by atoms with E-state index in [1.165, 1.54) is 4.31 Å². The number of hydrogen-bond donors (Lipinski definition) is 0. The van der Waals surface area contributed by atoms with Crippen LogP contribution in [0.25, 0.3) is 0 Å². The number of rotatable bonds is 1. The standard InChI is InChI=1S/C11H21NO4S/c1-10(2,3)17(13,14)12-6-4-5-11(9-12)15-7-8-16-11/h4-9H2,1-3H3. The van der Waals surface area contributed by atoms with E-state index in [9.17, 15) is 8.42 Å². The molecule has 2 fully saturated rings. The van der Waals surface area contributed by atoms with Crippen molar-refractivity contribution in [1.29, 1.82) is 0 Å². The van der Waals surface area contributed by atoms with Crippen molar-refractivity contribution in [3.05, 3.63) is 0 Å². The van der Waals surface area contributed by atoms with E-state index in [1.807, 2.05) is 0 Å². The van der Waals surface area contributed by atoms with Gasteiger partial charge in [0, 0.05) is 13.0 Å². The number of piperidine rings is 1. The van der Waals surface area contributed by atoms with Gasteiger partial charge in [-0.2, -0.15) is 4.31 Å². The molecular formula is C11H21NO4S. The molecule has 17 heavy (non-hydrogen) atoms. The predicted octanol–water partition coefficient (Wildman–Crippen LogP) is 0.954. The average molecular weight is 263 g/mol. The average Bonchev–Trinajstić information content (AvgIpc) is 2.65. The van der Waals surface area contributed by atoms with Crippen LogP contribution in [0.1, 0.15) is 33.6 Å². The molecule has 2 aliphatic heterocycles. The summed E-state index contributed by atoms with van der Waals surface area (Å²) in [7, 11) is -3.29. The summed E-state index contributed by atoms with van der Waals surface area (Å²) < 4.78 is 36.6. The predicted molar refractivity (Wildman–Crippen MR) is 64.1 cm³/mol. The van der Waals surface area contributed by atoms with Crippen LogP contribution in [-0.2, 0) is 19.5 Å². The van der Waals surface area contributed by atoms with E-state index < -0.39 is 20.6 Å². The second-order valence-corrected chi connectivity index (χ2v) is 8.35. The van der Waals surface area contributed by atoms with Crippen molar-refractivity contribution >= 4 is 10.0 Å². The van der Waals surface area contributed by atoms with Crippen molar-refractivity contribution in [3.63, 3.8) is 0 Å². The highest BCUT2D eigenvalue weighted by Gasteiger charge is 2.46. The van der Waals surface area contributed by atoms with E-state index in [2.05, 4.69) is 0 Å². The van der Waals surface area contributed by atoms with Gasteiger partial charge >= 0.3 is 0 Å². The molecule has 0 amide bonds. The molecule has 0 aromatic carbocycles. The summed E-state index contributed by atoms with van der Waals surface area (Å²) in [5, 5.41) is 0. The monoisotopic (exact) mass is 263 g/mol. The fourth-order valence-electron chi connectivity index (χ4n) is 2.28. The van der Waals surface area contributed by atoms with E-state index in [0.29, 0.717) is 26.3 Å².